The fourth-order valence-corrected chi connectivity index (χ4v) is 3.29. The molecule has 0 spiro atoms. The van der Waals surface area contributed by atoms with Crippen molar-refractivity contribution >= 4 is 28.4 Å². The molecule has 0 bridgehead atoms. The van der Waals surface area contributed by atoms with E-state index in [0.29, 0.717) is 0 Å². The van der Waals surface area contributed by atoms with Gasteiger partial charge in [0.05, 0.1) is 7.11 Å². The zero-order valence-corrected chi connectivity index (χ0v) is 13.6. The van der Waals surface area contributed by atoms with Crippen LogP contribution in [-0.2, 0) is 13.0 Å². The minimum Gasteiger partial charge on any atom is -0.497 e. The summed E-state index contributed by atoms with van der Waals surface area (Å²) in [6, 6.07) is 10.4. The van der Waals surface area contributed by atoms with Gasteiger partial charge in [-0.05, 0) is 59.2 Å². The summed E-state index contributed by atoms with van der Waals surface area (Å²) in [5.74, 6) is 2.06. The highest BCUT2D eigenvalue weighted by molar-refractivity contribution is 14.1. The van der Waals surface area contributed by atoms with Crippen molar-refractivity contribution in [3.63, 3.8) is 0 Å². The third-order valence-electron chi connectivity index (χ3n) is 3.66. The number of aromatic nitrogens is 1. The van der Waals surface area contributed by atoms with Gasteiger partial charge < -0.3 is 9.64 Å². The second-order valence-corrected chi connectivity index (χ2v) is 6.13. The maximum absolute atomic E-state index is 5.20. The summed E-state index contributed by atoms with van der Waals surface area (Å²) in [5.41, 5.74) is 2.69. The van der Waals surface area contributed by atoms with Crippen LogP contribution in [-0.4, -0.2) is 18.6 Å². The zero-order chi connectivity index (χ0) is 13.9. The summed E-state index contributed by atoms with van der Waals surface area (Å²) in [5, 5.41) is 0. The first kappa shape index (κ1) is 13.7. The molecule has 0 saturated carbocycles. The molecule has 1 aliphatic rings. The Kier molecular flexibility index (Phi) is 4.10. The molecule has 3 nitrogen and oxygen atoms in total. The molecule has 1 aromatic heterocycles. The maximum Gasteiger partial charge on any atom is 0.133 e. The molecular weight excluding hydrogens is 363 g/mol. The summed E-state index contributed by atoms with van der Waals surface area (Å²) < 4.78 is 6.53. The average molecular weight is 380 g/mol. The van der Waals surface area contributed by atoms with Crippen molar-refractivity contribution < 1.29 is 4.74 Å². The molecule has 0 amide bonds. The molecule has 2 aromatic rings. The van der Waals surface area contributed by atoms with Crippen molar-refractivity contribution in [3.05, 3.63) is 51.2 Å². The zero-order valence-electron chi connectivity index (χ0n) is 11.5. The van der Waals surface area contributed by atoms with Crippen LogP contribution in [0, 0.1) is 3.57 Å². The van der Waals surface area contributed by atoms with Gasteiger partial charge >= 0.3 is 0 Å². The van der Waals surface area contributed by atoms with Crippen LogP contribution in [0.4, 0.5) is 5.82 Å². The van der Waals surface area contributed by atoms with Gasteiger partial charge in [-0.3, -0.25) is 0 Å². The Morgan fingerprint density at radius 2 is 2.05 bits per heavy atom. The lowest BCUT2D eigenvalue weighted by Gasteiger charge is -2.30. The molecule has 0 unspecified atom stereocenters. The van der Waals surface area contributed by atoms with E-state index in [1.807, 2.05) is 18.3 Å². The molecule has 0 saturated heterocycles. The van der Waals surface area contributed by atoms with E-state index in [4.69, 9.17) is 4.74 Å². The normalized spacial score (nSPS) is 14.0. The van der Waals surface area contributed by atoms with Crippen molar-refractivity contribution in [1.82, 2.24) is 4.98 Å². The van der Waals surface area contributed by atoms with Gasteiger partial charge in [-0.15, -0.1) is 0 Å². The Hall–Kier alpha value is -1.30. The van der Waals surface area contributed by atoms with E-state index >= 15 is 0 Å². The molecule has 20 heavy (non-hydrogen) atoms. The van der Waals surface area contributed by atoms with Crippen molar-refractivity contribution in [1.29, 1.82) is 0 Å². The Morgan fingerprint density at radius 3 is 2.80 bits per heavy atom. The highest BCUT2D eigenvalue weighted by atomic mass is 127. The van der Waals surface area contributed by atoms with E-state index in [1.54, 1.807) is 7.11 Å². The molecular formula is C16H17IN2O. The van der Waals surface area contributed by atoms with Crippen LogP contribution in [0.1, 0.15) is 17.5 Å². The van der Waals surface area contributed by atoms with Gasteiger partial charge in [0.15, 0.2) is 0 Å². The molecule has 0 aliphatic carbocycles. The average Bonchev–Trinajstić information content (AvgIpc) is 2.49. The number of anilines is 1. The SMILES string of the molecule is COc1ccc(CN2CCCc3c(I)ccnc32)cc1. The van der Waals surface area contributed by atoms with Gasteiger partial charge in [0.2, 0.25) is 0 Å². The first-order valence-electron chi connectivity index (χ1n) is 6.79. The second-order valence-electron chi connectivity index (χ2n) is 4.97. The van der Waals surface area contributed by atoms with E-state index in [9.17, 15) is 0 Å². The first-order valence-corrected chi connectivity index (χ1v) is 7.87. The third kappa shape index (κ3) is 2.75. The smallest absolute Gasteiger partial charge is 0.133 e. The molecule has 0 fully saturated rings. The van der Waals surface area contributed by atoms with Crippen molar-refractivity contribution in [3.8, 4) is 5.75 Å². The lowest BCUT2D eigenvalue weighted by atomic mass is 10.0. The standard InChI is InChI=1S/C16H17IN2O/c1-20-13-6-4-12(5-7-13)11-19-10-2-3-14-15(17)8-9-18-16(14)19/h4-9H,2-3,10-11H2,1H3. The van der Waals surface area contributed by atoms with Crippen LogP contribution < -0.4 is 9.64 Å². The number of hydrogen-bond acceptors (Lipinski definition) is 3. The minimum atomic E-state index is 0.903. The summed E-state index contributed by atoms with van der Waals surface area (Å²) in [6.07, 6.45) is 4.25. The van der Waals surface area contributed by atoms with Gasteiger partial charge in [0.25, 0.3) is 0 Å². The van der Waals surface area contributed by atoms with E-state index in [0.717, 1.165) is 31.1 Å². The van der Waals surface area contributed by atoms with Gasteiger partial charge in [-0.2, -0.15) is 0 Å². The number of pyridine rings is 1. The predicted octanol–water partition coefficient (Wildman–Crippen LogP) is 3.65. The van der Waals surface area contributed by atoms with Gasteiger partial charge in [0, 0.05) is 28.4 Å². The van der Waals surface area contributed by atoms with Crippen LogP contribution in [0.2, 0.25) is 0 Å². The van der Waals surface area contributed by atoms with E-state index < -0.39 is 0 Å². The maximum atomic E-state index is 5.20. The summed E-state index contributed by atoms with van der Waals surface area (Å²) in [7, 11) is 1.70. The second kappa shape index (κ2) is 5.99. The monoisotopic (exact) mass is 380 g/mol. The number of halogens is 1. The van der Waals surface area contributed by atoms with Gasteiger partial charge in [0.1, 0.15) is 11.6 Å². The third-order valence-corrected chi connectivity index (χ3v) is 4.67. The van der Waals surface area contributed by atoms with Crippen LogP contribution in [0.3, 0.4) is 0 Å². The van der Waals surface area contributed by atoms with Crippen LogP contribution in [0.5, 0.6) is 5.75 Å². The summed E-state index contributed by atoms with van der Waals surface area (Å²) >= 11 is 2.41. The fraction of sp³-hybridized carbons (Fsp3) is 0.312. The molecule has 2 heterocycles. The Morgan fingerprint density at radius 1 is 1.25 bits per heavy atom. The van der Waals surface area contributed by atoms with E-state index in [-0.39, 0.29) is 0 Å². The predicted molar refractivity (Wildman–Crippen MR) is 89.3 cm³/mol. The number of rotatable bonds is 3. The van der Waals surface area contributed by atoms with Crippen molar-refractivity contribution in [2.24, 2.45) is 0 Å². The van der Waals surface area contributed by atoms with E-state index in [1.165, 1.54) is 21.1 Å². The van der Waals surface area contributed by atoms with Gasteiger partial charge in [-0.1, -0.05) is 12.1 Å². The molecule has 1 aliphatic heterocycles. The molecule has 4 heteroatoms. The van der Waals surface area contributed by atoms with E-state index in [2.05, 4.69) is 50.7 Å². The van der Waals surface area contributed by atoms with Crippen molar-refractivity contribution in [2.45, 2.75) is 19.4 Å². The van der Waals surface area contributed by atoms with Gasteiger partial charge in [-0.25, -0.2) is 4.98 Å². The van der Waals surface area contributed by atoms with Crippen LogP contribution >= 0.6 is 22.6 Å². The Bertz CT molecular complexity index is 598. The molecule has 104 valence electrons. The topological polar surface area (TPSA) is 25.4 Å². The number of nitrogens with zero attached hydrogens (tertiary/aromatic N) is 2. The number of hydrogen-bond donors (Lipinski definition) is 0. The molecule has 0 N–H and O–H groups in total. The largest absolute Gasteiger partial charge is 0.497 e. The highest BCUT2D eigenvalue weighted by Crippen LogP contribution is 2.29. The first-order chi connectivity index (χ1) is 9.78. The molecule has 3 rings (SSSR count). The number of benzene rings is 1. The molecule has 1 aromatic carbocycles. The lowest BCUT2D eigenvalue weighted by molar-refractivity contribution is 0.414. The fourth-order valence-electron chi connectivity index (χ4n) is 2.62. The lowest BCUT2D eigenvalue weighted by Crippen LogP contribution is -2.30. The van der Waals surface area contributed by atoms with Crippen molar-refractivity contribution in [2.75, 3.05) is 18.6 Å². The van der Waals surface area contributed by atoms with Crippen LogP contribution in [0.15, 0.2) is 36.5 Å². The Balaban J connectivity index is 1.83. The number of fused-ring (bicyclic) bond motifs is 1. The Labute approximate surface area is 133 Å². The quantitative estimate of drug-likeness (QED) is 0.761. The van der Waals surface area contributed by atoms with Crippen LogP contribution in [0.25, 0.3) is 0 Å². The minimum absolute atomic E-state index is 0.903. The summed E-state index contributed by atoms with van der Waals surface area (Å²) in [6.45, 7) is 1.98. The molecule has 0 radical (unpaired) electrons. The number of ether oxygens (including phenoxy) is 1. The summed E-state index contributed by atoms with van der Waals surface area (Å²) in [4.78, 5) is 6.97. The molecule has 0 atom stereocenters. The highest BCUT2D eigenvalue weighted by Gasteiger charge is 2.20. The number of methoxy groups -OCH3 is 1.